The molecular weight excluding hydrogens is 499 g/mol. The third-order valence-corrected chi connectivity index (χ3v) is 14.1. The van der Waals surface area contributed by atoms with Crippen LogP contribution in [0.3, 0.4) is 0 Å². The summed E-state index contributed by atoms with van der Waals surface area (Å²) in [5.41, 5.74) is 3.12. The predicted molar refractivity (Wildman–Crippen MR) is 143 cm³/mol. The molecule has 0 fully saturated rings. The van der Waals surface area contributed by atoms with Gasteiger partial charge in [0.2, 0.25) is 0 Å². The van der Waals surface area contributed by atoms with E-state index in [-0.39, 0.29) is 7.43 Å². The Morgan fingerprint density at radius 1 is 0.621 bits per heavy atom. The molecule has 0 unspecified atom stereocenters. The molecule has 1 aromatic carbocycles. The minimum atomic E-state index is -0.520. The standard InChI is InChI=1S/C24H44P2.CH3.ClH.Ru.H/c1-21(2,3)25(22(4,5)6)17-19-14-13-15-20(16-19)18-26(23(7,8)9)24(10,11)12;;;;/h13-16H,17-18H2,1-12H3;1H3;1H;;/q;-1;;+1;/p+1. The fourth-order valence-electron chi connectivity index (χ4n) is 4.57. The zero-order chi connectivity index (χ0) is 22.6. The monoisotopic (exact) mass is 549 g/mol. The summed E-state index contributed by atoms with van der Waals surface area (Å²) in [4.78, 5) is 0. The summed E-state index contributed by atoms with van der Waals surface area (Å²) >= 11 is 1.62. The fourth-order valence-corrected chi connectivity index (χ4v) is 12.4. The molecule has 29 heavy (non-hydrogen) atoms. The zero-order valence-electron chi connectivity index (χ0n) is 21.5. The Balaban J connectivity index is 0. The first-order chi connectivity index (χ1) is 12.4. The molecule has 1 aromatic rings. The van der Waals surface area contributed by atoms with Crippen molar-refractivity contribution < 1.29 is 17.3 Å². The van der Waals surface area contributed by atoms with Gasteiger partial charge in [0, 0.05) is 15.8 Å². The maximum atomic E-state index is 4.61. The molecule has 0 heterocycles. The van der Waals surface area contributed by atoms with Gasteiger partial charge in [-0.25, -0.2) is 0 Å². The molecule has 0 nitrogen and oxygen atoms in total. The van der Waals surface area contributed by atoms with Gasteiger partial charge in [0.15, 0.2) is 0 Å². The topological polar surface area (TPSA) is 0 Å². The molecule has 0 aliphatic heterocycles. The summed E-state index contributed by atoms with van der Waals surface area (Å²) in [5.74, 6) is 0. The Hall–Kier alpha value is 0.993. The minimum absolute atomic E-state index is 0. The SMILES string of the molecule is CC(C)(C)[PH+](Cc1cccc(C[PH+](C(C)(C)C)C(C)(C)C)c1)C(C)(C)C.[CH3-].[Cl][RuH]. The summed E-state index contributed by atoms with van der Waals surface area (Å²) in [5, 5.41) is 1.69. The van der Waals surface area contributed by atoms with Crippen LogP contribution in [-0.4, -0.2) is 20.6 Å². The van der Waals surface area contributed by atoms with Crippen molar-refractivity contribution in [3.63, 3.8) is 0 Å². The summed E-state index contributed by atoms with van der Waals surface area (Å²) in [6.07, 6.45) is 2.55. The number of benzene rings is 1. The molecule has 4 heteroatoms. The molecule has 0 aromatic heterocycles. The molecule has 0 aliphatic carbocycles. The third kappa shape index (κ3) is 11.4. The van der Waals surface area contributed by atoms with Crippen molar-refractivity contribution in [3.05, 3.63) is 42.8 Å². The second-order valence-electron chi connectivity index (χ2n) is 12.1. The third-order valence-electron chi connectivity index (χ3n) is 5.37. The number of hydrogen-bond acceptors (Lipinski definition) is 0. The summed E-state index contributed by atoms with van der Waals surface area (Å²) in [7, 11) is 3.57. The molecule has 0 saturated carbocycles. The molecule has 0 N–H and O–H groups in total. The molecule has 0 bridgehead atoms. The quantitative estimate of drug-likeness (QED) is 0.200. The average Bonchev–Trinajstić information content (AvgIpc) is 2.48. The molecule has 0 spiro atoms. The van der Waals surface area contributed by atoms with Crippen molar-refractivity contribution in [2.45, 2.75) is 116 Å². The molecular formula is C25H50ClP2Ru+. The van der Waals surface area contributed by atoms with Crippen LogP contribution < -0.4 is 0 Å². The average molecular weight is 549 g/mol. The van der Waals surface area contributed by atoms with E-state index < -0.39 is 15.8 Å². The second kappa shape index (κ2) is 12.3. The van der Waals surface area contributed by atoms with Gasteiger partial charge < -0.3 is 7.43 Å². The normalized spacial score (nSPS) is 13.1. The van der Waals surface area contributed by atoms with E-state index in [1.807, 2.05) is 0 Å². The van der Waals surface area contributed by atoms with Gasteiger partial charge in [0.25, 0.3) is 0 Å². The van der Waals surface area contributed by atoms with Crippen molar-refractivity contribution in [3.8, 4) is 0 Å². The van der Waals surface area contributed by atoms with E-state index in [2.05, 4.69) is 117 Å². The molecule has 0 amide bonds. The van der Waals surface area contributed by atoms with Gasteiger partial charge in [-0.15, -0.1) is 0 Å². The molecule has 0 saturated heterocycles. The Bertz CT molecular complexity index is 509. The molecule has 0 atom stereocenters. The van der Waals surface area contributed by atoms with Crippen LogP contribution in [0.4, 0.5) is 0 Å². The van der Waals surface area contributed by atoms with Gasteiger partial charge in [-0.3, -0.25) is 0 Å². The molecule has 1 rings (SSSR count). The van der Waals surface area contributed by atoms with Crippen molar-refractivity contribution in [1.29, 1.82) is 0 Å². The number of rotatable bonds is 4. The Kier molecular flexibility index (Phi) is 13.6. The van der Waals surface area contributed by atoms with Gasteiger partial charge in [-0.1, -0.05) is 18.2 Å². The first-order valence-electron chi connectivity index (χ1n) is 10.4. The van der Waals surface area contributed by atoms with Crippen molar-refractivity contribution in [2.75, 3.05) is 0 Å². The molecule has 0 aliphatic rings. The van der Waals surface area contributed by atoms with E-state index in [9.17, 15) is 0 Å². The van der Waals surface area contributed by atoms with Crippen LogP contribution in [0.25, 0.3) is 0 Å². The van der Waals surface area contributed by atoms with E-state index >= 15 is 0 Å². The van der Waals surface area contributed by atoms with Crippen molar-refractivity contribution in [1.82, 2.24) is 0 Å². The molecule has 0 radical (unpaired) electrons. The molecule has 174 valence electrons. The van der Waals surface area contributed by atoms with Crippen LogP contribution in [-0.2, 0) is 29.6 Å². The predicted octanol–water partition coefficient (Wildman–Crippen LogP) is 9.18. The van der Waals surface area contributed by atoms with E-state index in [1.165, 1.54) is 12.3 Å². The van der Waals surface area contributed by atoms with Crippen LogP contribution in [0, 0.1) is 7.43 Å². The Morgan fingerprint density at radius 2 is 0.862 bits per heavy atom. The van der Waals surface area contributed by atoms with Crippen molar-refractivity contribution in [2.24, 2.45) is 0 Å². The fraction of sp³-hybridized carbons (Fsp3) is 0.720. The van der Waals surface area contributed by atoms with Gasteiger partial charge in [0.1, 0.15) is 0 Å². The van der Waals surface area contributed by atoms with Crippen LogP contribution >= 0.6 is 25.5 Å². The van der Waals surface area contributed by atoms with Crippen LogP contribution in [0.1, 0.15) is 94.2 Å². The zero-order valence-corrected chi connectivity index (χ0v) is 26.1. The summed E-state index contributed by atoms with van der Waals surface area (Å²) in [6, 6.07) is 9.57. The first kappa shape index (κ1) is 32.2. The number of hydrogen-bond donors (Lipinski definition) is 0. The van der Waals surface area contributed by atoms with Crippen LogP contribution in [0.5, 0.6) is 0 Å². The van der Waals surface area contributed by atoms with Gasteiger partial charge in [-0.2, -0.15) is 0 Å². The second-order valence-corrected chi connectivity index (χ2v) is 20.8. The van der Waals surface area contributed by atoms with E-state index in [4.69, 9.17) is 0 Å². The van der Waals surface area contributed by atoms with E-state index in [0.717, 1.165) is 0 Å². The Labute approximate surface area is 201 Å². The number of halogens is 1. The van der Waals surface area contributed by atoms with Gasteiger partial charge in [0.05, 0.1) is 32.9 Å². The van der Waals surface area contributed by atoms with Crippen LogP contribution in [0.15, 0.2) is 24.3 Å². The summed E-state index contributed by atoms with van der Waals surface area (Å²) in [6.45, 7) is 29.3. The first-order valence-corrected chi connectivity index (χ1v) is 16.2. The van der Waals surface area contributed by atoms with Gasteiger partial charge in [-0.05, 0) is 100 Å². The van der Waals surface area contributed by atoms with E-state index in [0.29, 0.717) is 20.6 Å². The Morgan fingerprint density at radius 3 is 1.07 bits per heavy atom. The van der Waals surface area contributed by atoms with E-state index in [1.54, 1.807) is 28.4 Å². The van der Waals surface area contributed by atoms with Gasteiger partial charge >= 0.3 is 27.0 Å². The van der Waals surface area contributed by atoms with Crippen molar-refractivity contribution >= 4 is 25.5 Å². The summed E-state index contributed by atoms with van der Waals surface area (Å²) < 4.78 is 0. The maximum absolute atomic E-state index is 4.61. The van der Waals surface area contributed by atoms with Crippen LogP contribution in [0.2, 0.25) is 0 Å².